The van der Waals surface area contributed by atoms with Crippen LogP contribution in [0.4, 0.5) is 11.4 Å². The lowest BCUT2D eigenvalue weighted by Crippen LogP contribution is -2.36. The van der Waals surface area contributed by atoms with Crippen molar-refractivity contribution in [2.24, 2.45) is 5.92 Å². The second kappa shape index (κ2) is 14.4. The Morgan fingerprint density at radius 1 is 0.950 bits per heavy atom. The molecule has 0 aromatic heterocycles. The van der Waals surface area contributed by atoms with E-state index in [2.05, 4.69) is 36.4 Å². The molecule has 1 fully saturated rings. The summed E-state index contributed by atoms with van der Waals surface area (Å²) in [5, 5.41) is 9.82. The number of carbonyl (C=O) groups excluding carboxylic acids is 2. The summed E-state index contributed by atoms with van der Waals surface area (Å²) in [5.74, 6) is -0.225. The molecule has 3 aromatic rings. The maximum Gasteiger partial charge on any atom is 0.330 e. The van der Waals surface area contributed by atoms with Gasteiger partial charge in [0.25, 0.3) is 0 Å². The fraction of sp³-hybridized carbons (Fsp3) is 0.333. The van der Waals surface area contributed by atoms with Crippen LogP contribution in [0.25, 0.3) is 17.2 Å². The van der Waals surface area contributed by atoms with Crippen LogP contribution in [0.1, 0.15) is 50.2 Å². The maximum absolute atomic E-state index is 13.8. The lowest BCUT2D eigenvalue weighted by atomic mass is 9.88. The molecule has 4 rings (SSSR count). The van der Waals surface area contributed by atoms with Crippen LogP contribution < -0.4 is 9.80 Å². The summed E-state index contributed by atoms with van der Waals surface area (Å²) < 4.78 is 4.71. The molecule has 1 unspecified atom stereocenters. The molecule has 1 saturated carbocycles. The van der Waals surface area contributed by atoms with Gasteiger partial charge >= 0.3 is 5.97 Å². The van der Waals surface area contributed by atoms with Crippen molar-refractivity contribution in [1.82, 2.24) is 0 Å². The Kier molecular flexibility index (Phi) is 11.1. The van der Waals surface area contributed by atoms with Crippen LogP contribution in [0.15, 0.2) is 78.9 Å². The first-order valence-electron chi connectivity index (χ1n) is 13.6. The highest BCUT2D eigenvalue weighted by atomic mass is 16.5. The van der Waals surface area contributed by atoms with Crippen LogP contribution in [0.5, 0.6) is 0 Å². The summed E-state index contributed by atoms with van der Waals surface area (Å²) in [6.07, 6.45) is 7.76. The molecule has 0 saturated heterocycles. The lowest BCUT2D eigenvalue weighted by Gasteiger charge is -2.30. The van der Waals surface area contributed by atoms with E-state index in [0.29, 0.717) is 6.54 Å². The van der Waals surface area contributed by atoms with Gasteiger partial charge in [-0.2, -0.15) is 0 Å². The minimum Gasteiger partial charge on any atom is -0.466 e. The number of methoxy groups -OCH3 is 1. The first-order valence-corrected chi connectivity index (χ1v) is 13.6. The molecule has 7 nitrogen and oxygen atoms in total. The quantitative estimate of drug-likeness (QED) is 0.215. The number of benzene rings is 3. The first kappa shape index (κ1) is 30.6. The SMILES string of the molecule is COC(=O)/C=C/c1cccc(N(Cc2ccc(-c3ccc(N(C)C(C)O)cc3)cc2)C(=O)C2CCCCC2)c1.O. The Morgan fingerprint density at radius 2 is 1.57 bits per heavy atom. The zero-order chi connectivity index (χ0) is 27.8. The summed E-state index contributed by atoms with van der Waals surface area (Å²) in [5.41, 5.74) is 5.82. The van der Waals surface area contributed by atoms with Gasteiger partial charge in [0.15, 0.2) is 0 Å². The van der Waals surface area contributed by atoms with E-state index in [4.69, 9.17) is 4.74 Å². The van der Waals surface area contributed by atoms with Crippen molar-refractivity contribution in [2.45, 2.75) is 51.8 Å². The summed E-state index contributed by atoms with van der Waals surface area (Å²) in [6, 6.07) is 24.1. The van der Waals surface area contributed by atoms with Gasteiger partial charge in [0, 0.05) is 30.4 Å². The number of nitrogens with zero attached hydrogens (tertiary/aromatic N) is 2. The summed E-state index contributed by atoms with van der Waals surface area (Å²) in [6.45, 7) is 2.21. The number of ether oxygens (including phenoxy) is 1. The number of anilines is 2. The van der Waals surface area contributed by atoms with Crippen molar-refractivity contribution in [3.05, 3.63) is 90.0 Å². The van der Waals surface area contributed by atoms with Crippen LogP contribution in [0, 0.1) is 5.92 Å². The van der Waals surface area contributed by atoms with Gasteiger partial charge in [-0.1, -0.05) is 67.8 Å². The molecule has 1 aliphatic carbocycles. The summed E-state index contributed by atoms with van der Waals surface area (Å²) in [7, 11) is 3.21. The molecule has 3 aromatic carbocycles. The average Bonchev–Trinajstić information content (AvgIpc) is 2.99. The fourth-order valence-corrected chi connectivity index (χ4v) is 4.98. The topological polar surface area (TPSA) is 102 Å². The predicted molar refractivity (Wildman–Crippen MR) is 161 cm³/mol. The Morgan fingerprint density at radius 3 is 2.17 bits per heavy atom. The zero-order valence-electron chi connectivity index (χ0n) is 23.5. The van der Waals surface area contributed by atoms with Crippen LogP contribution >= 0.6 is 0 Å². The van der Waals surface area contributed by atoms with E-state index in [0.717, 1.165) is 59.3 Å². The normalized spacial score (nSPS) is 14.3. The third kappa shape index (κ3) is 7.81. The van der Waals surface area contributed by atoms with Gasteiger partial charge in [0.2, 0.25) is 5.91 Å². The second-order valence-electron chi connectivity index (χ2n) is 10.2. The van der Waals surface area contributed by atoms with Gasteiger partial charge in [0.05, 0.1) is 13.7 Å². The number of hydrogen-bond acceptors (Lipinski definition) is 5. The largest absolute Gasteiger partial charge is 0.466 e. The Balaban J connectivity index is 0.00000441. The van der Waals surface area contributed by atoms with Gasteiger partial charge in [-0.15, -0.1) is 0 Å². The molecule has 1 atom stereocenters. The van der Waals surface area contributed by atoms with Crippen molar-refractivity contribution < 1.29 is 24.9 Å². The molecule has 212 valence electrons. The number of hydrogen-bond donors (Lipinski definition) is 1. The average molecular weight is 545 g/mol. The third-order valence-corrected chi connectivity index (χ3v) is 7.48. The predicted octanol–water partition coefficient (Wildman–Crippen LogP) is 5.60. The standard InChI is InChI=1S/C33H38N2O4.H2O/c1-24(36)34(2)30-19-17-28(18-20-30)27-15-12-26(13-16-27)23-35(33(38)29-9-5-4-6-10-29)31-11-7-8-25(22-31)14-21-32(37)39-3;/h7-8,11-22,24,29,36H,4-6,9-10,23H2,1-3H3;1H2/b21-14+;. The maximum atomic E-state index is 13.8. The molecule has 1 amide bonds. The van der Waals surface area contributed by atoms with Crippen LogP contribution in [0.2, 0.25) is 0 Å². The number of aliphatic hydroxyl groups excluding tert-OH is 1. The molecule has 3 N–H and O–H groups in total. The van der Waals surface area contributed by atoms with Crippen molar-refractivity contribution in [3.8, 4) is 11.1 Å². The number of rotatable bonds is 9. The third-order valence-electron chi connectivity index (χ3n) is 7.48. The van der Waals surface area contributed by atoms with Crippen LogP contribution in [-0.4, -0.2) is 42.8 Å². The van der Waals surface area contributed by atoms with Crippen LogP contribution in [0.3, 0.4) is 0 Å². The molecule has 0 bridgehead atoms. The van der Waals surface area contributed by atoms with Gasteiger partial charge < -0.3 is 25.1 Å². The lowest BCUT2D eigenvalue weighted by molar-refractivity contribution is -0.134. The van der Waals surface area contributed by atoms with E-state index in [1.807, 2.05) is 53.2 Å². The van der Waals surface area contributed by atoms with E-state index >= 15 is 0 Å². The zero-order valence-corrected chi connectivity index (χ0v) is 23.5. The number of amides is 1. The van der Waals surface area contributed by atoms with E-state index in [1.165, 1.54) is 19.6 Å². The Bertz CT molecular complexity index is 1280. The van der Waals surface area contributed by atoms with Crippen molar-refractivity contribution in [1.29, 1.82) is 0 Å². The minimum atomic E-state index is -0.557. The number of carbonyl (C=O) groups is 2. The highest BCUT2D eigenvalue weighted by Crippen LogP contribution is 2.30. The molecular weight excluding hydrogens is 504 g/mol. The molecule has 7 heteroatoms. The van der Waals surface area contributed by atoms with Gasteiger partial charge in [-0.3, -0.25) is 4.79 Å². The second-order valence-corrected chi connectivity index (χ2v) is 10.2. The molecule has 1 aliphatic rings. The van der Waals surface area contributed by atoms with Crippen molar-refractivity contribution in [2.75, 3.05) is 24.0 Å². The monoisotopic (exact) mass is 544 g/mol. The minimum absolute atomic E-state index is 0. The first-order chi connectivity index (χ1) is 18.9. The van der Waals surface area contributed by atoms with Gasteiger partial charge in [-0.25, -0.2) is 4.79 Å². The van der Waals surface area contributed by atoms with Gasteiger partial charge in [0.1, 0.15) is 6.23 Å². The Labute approximate surface area is 237 Å². The Hall–Kier alpha value is -3.94. The molecule has 0 radical (unpaired) electrons. The highest BCUT2D eigenvalue weighted by Gasteiger charge is 2.27. The number of aliphatic hydroxyl groups is 1. The van der Waals surface area contributed by atoms with E-state index in [-0.39, 0.29) is 17.3 Å². The molecule has 0 spiro atoms. The molecule has 40 heavy (non-hydrogen) atoms. The van der Waals surface area contributed by atoms with Crippen molar-refractivity contribution in [3.63, 3.8) is 0 Å². The smallest absolute Gasteiger partial charge is 0.330 e. The van der Waals surface area contributed by atoms with Crippen molar-refractivity contribution >= 4 is 29.3 Å². The van der Waals surface area contributed by atoms with E-state index < -0.39 is 12.2 Å². The molecular formula is C33H40N2O5. The summed E-state index contributed by atoms with van der Waals surface area (Å²) >= 11 is 0. The fourth-order valence-electron chi connectivity index (χ4n) is 4.98. The van der Waals surface area contributed by atoms with E-state index in [9.17, 15) is 14.7 Å². The number of esters is 1. The van der Waals surface area contributed by atoms with E-state index in [1.54, 1.807) is 13.0 Å². The highest BCUT2D eigenvalue weighted by molar-refractivity contribution is 5.95. The molecule has 0 aliphatic heterocycles. The van der Waals surface area contributed by atoms with Crippen LogP contribution in [-0.2, 0) is 20.9 Å². The molecule has 0 heterocycles. The summed E-state index contributed by atoms with van der Waals surface area (Å²) in [4.78, 5) is 29.0. The van der Waals surface area contributed by atoms with Gasteiger partial charge in [-0.05, 0) is 72.4 Å².